The van der Waals surface area contributed by atoms with Gasteiger partial charge in [0.2, 0.25) is 0 Å². The maximum atomic E-state index is 10.5. The van der Waals surface area contributed by atoms with Crippen LogP contribution in [-0.4, -0.2) is 23.9 Å². The van der Waals surface area contributed by atoms with Crippen LogP contribution in [0.3, 0.4) is 0 Å². The molecule has 0 radical (unpaired) electrons. The molecule has 0 aromatic heterocycles. The van der Waals surface area contributed by atoms with Gasteiger partial charge in [0.1, 0.15) is 0 Å². The maximum Gasteiger partial charge on any atom is 0.404 e. The van der Waals surface area contributed by atoms with Gasteiger partial charge in [0.25, 0.3) is 0 Å². The molecule has 3 N–H and O–H groups in total. The van der Waals surface area contributed by atoms with E-state index in [0.717, 1.165) is 32.1 Å². The molecule has 0 rings (SSSR count). The zero-order valence-corrected chi connectivity index (χ0v) is 12.0. The lowest BCUT2D eigenvalue weighted by Crippen LogP contribution is -2.30. The molecule has 0 aromatic carbocycles. The van der Waals surface area contributed by atoms with Crippen LogP contribution in [0, 0.1) is 11.8 Å². The summed E-state index contributed by atoms with van der Waals surface area (Å²) >= 11 is 0. The van der Waals surface area contributed by atoms with Crippen LogP contribution < -0.4 is 5.73 Å². The molecule has 18 heavy (non-hydrogen) atoms. The minimum atomic E-state index is -0.739. The molecule has 0 aromatic rings. The van der Waals surface area contributed by atoms with Gasteiger partial charge in [0, 0.05) is 0 Å². The van der Waals surface area contributed by atoms with Crippen LogP contribution >= 0.6 is 0 Å². The van der Waals surface area contributed by atoms with Crippen molar-refractivity contribution in [1.82, 2.24) is 0 Å². The summed E-state index contributed by atoms with van der Waals surface area (Å²) < 4.78 is 4.75. The predicted molar refractivity (Wildman–Crippen MR) is 73.2 cm³/mol. The van der Waals surface area contributed by atoms with Gasteiger partial charge >= 0.3 is 6.09 Å². The normalized spacial score (nSPS) is 16.0. The Kier molecular flexibility index (Phi) is 9.74. The molecule has 0 aliphatic heterocycles. The molecule has 0 spiro atoms. The van der Waals surface area contributed by atoms with Crippen molar-refractivity contribution < 1.29 is 14.6 Å². The molecule has 3 unspecified atom stereocenters. The first-order chi connectivity index (χ1) is 8.56. The number of carbonyl (C=O) groups excluding carboxylic acids is 1. The Hall–Kier alpha value is -0.770. The van der Waals surface area contributed by atoms with Gasteiger partial charge in [0.15, 0.2) is 0 Å². The van der Waals surface area contributed by atoms with E-state index in [1.54, 1.807) is 0 Å². The van der Waals surface area contributed by atoms with Crippen LogP contribution in [0.25, 0.3) is 0 Å². The standard InChI is InChI=1S/C14H29NO3/c1-4-7-8-11(5-2)13(16)12(6-3)9-10-18-14(15)17/h11-13,16H,4-10H2,1-3H3,(H2,15,17). The van der Waals surface area contributed by atoms with E-state index in [1.165, 1.54) is 0 Å². The van der Waals surface area contributed by atoms with E-state index in [2.05, 4.69) is 20.8 Å². The van der Waals surface area contributed by atoms with Crippen molar-refractivity contribution >= 4 is 6.09 Å². The summed E-state index contributed by atoms with van der Waals surface area (Å²) in [6.07, 6.45) is 4.92. The molecule has 0 fully saturated rings. The SMILES string of the molecule is CCCCC(CC)C(O)C(CC)CCOC(N)=O. The van der Waals surface area contributed by atoms with E-state index in [-0.39, 0.29) is 12.0 Å². The second-order valence-corrected chi connectivity index (χ2v) is 4.93. The molecule has 0 bridgehead atoms. The molecule has 4 heteroatoms. The van der Waals surface area contributed by atoms with Gasteiger partial charge in [-0.3, -0.25) is 0 Å². The van der Waals surface area contributed by atoms with Crippen LogP contribution in [0.2, 0.25) is 0 Å². The van der Waals surface area contributed by atoms with Crippen molar-refractivity contribution in [2.75, 3.05) is 6.61 Å². The Labute approximate surface area is 111 Å². The summed E-state index contributed by atoms with van der Waals surface area (Å²) in [7, 11) is 0. The van der Waals surface area contributed by atoms with Gasteiger partial charge in [-0.2, -0.15) is 0 Å². The lowest BCUT2D eigenvalue weighted by atomic mass is 9.83. The van der Waals surface area contributed by atoms with Crippen molar-refractivity contribution in [2.24, 2.45) is 17.6 Å². The minimum Gasteiger partial charge on any atom is -0.450 e. The number of hydrogen-bond donors (Lipinski definition) is 2. The topological polar surface area (TPSA) is 72.6 Å². The van der Waals surface area contributed by atoms with Gasteiger partial charge in [-0.05, 0) is 24.7 Å². The van der Waals surface area contributed by atoms with E-state index in [0.29, 0.717) is 18.9 Å². The number of rotatable bonds is 10. The van der Waals surface area contributed by atoms with Crippen molar-refractivity contribution in [1.29, 1.82) is 0 Å². The van der Waals surface area contributed by atoms with Crippen molar-refractivity contribution in [3.8, 4) is 0 Å². The summed E-state index contributed by atoms with van der Waals surface area (Å²) in [5.41, 5.74) is 4.92. The lowest BCUT2D eigenvalue weighted by molar-refractivity contribution is 0.0286. The van der Waals surface area contributed by atoms with E-state index < -0.39 is 6.09 Å². The Balaban J connectivity index is 4.19. The first-order valence-electron chi connectivity index (χ1n) is 7.16. The Morgan fingerprint density at radius 2 is 1.72 bits per heavy atom. The highest BCUT2D eigenvalue weighted by atomic mass is 16.5. The lowest BCUT2D eigenvalue weighted by Gasteiger charge is -2.28. The number of unbranched alkanes of at least 4 members (excludes halogenated alkanes) is 1. The smallest absolute Gasteiger partial charge is 0.404 e. The summed E-state index contributed by atoms with van der Waals surface area (Å²) in [5.74, 6) is 0.537. The van der Waals surface area contributed by atoms with E-state index in [1.807, 2.05) is 0 Å². The highest BCUT2D eigenvalue weighted by Crippen LogP contribution is 2.26. The second-order valence-electron chi connectivity index (χ2n) is 4.93. The molecular formula is C14H29NO3. The van der Waals surface area contributed by atoms with Gasteiger partial charge < -0.3 is 15.6 Å². The molecule has 3 atom stereocenters. The second kappa shape index (κ2) is 10.2. The highest BCUT2D eigenvalue weighted by molar-refractivity contribution is 5.64. The third-order valence-electron chi connectivity index (χ3n) is 3.68. The fourth-order valence-electron chi connectivity index (χ4n) is 2.39. The van der Waals surface area contributed by atoms with Crippen molar-refractivity contribution in [2.45, 2.75) is 65.4 Å². The van der Waals surface area contributed by atoms with Crippen molar-refractivity contribution in [3.05, 3.63) is 0 Å². The molecular weight excluding hydrogens is 230 g/mol. The number of primary amides is 1. The maximum absolute atomic E-state index is 10.5. The molecule has 0 saturated heterocycles. The van der Waals surface area contributed by atoms with Crippen LogP contribution in [-0.2, 0) is 4.74 Å². The molecule has 0 saturated carbocycles. The van der Waals surface area contributed by atoms with Gasteiger partial charge in [-0.15, -0.1) is 0 Å². The molecule has 1 amide bonds. The molecule has 0 aliphatic carbocycles. The van der Waals surface area contributed by atoms with Crippen LogP contribution in [0.4, 0.5) is 4.79 Å². The molecule has 0 heterocycles. The van der Waals surface area contributed by atoms with Crippen LogP contribution in [0.5, 0.6) is 0 Å². The molecule has 0 aliphatic rings. The first kappa shape index (κ1) is 17.2. The Bertz CT molecular complexity index is 221. The number of hydrogen-bond acceptors (Lipinski definition) is 3. The number of carbonyl (C=O) groups is 1. The summed E-state index contributed by atoms with van der Waals surface area (Å²) in [5, 5.41) is 10.4. The summed E-state index contributed by atoms with van der Waals surface area (Å²) in [6, 6.07) is 0. The van der Waals surface area contributed by atoms with E-state index >= 15 is 0 Å². The first-order valence-corrected chi connectivity index (χ1v) is 7.16. The largest absolute Gasteiger partial charge is 0.450 e. The molecule has 108 valence electrons. The third kappa shape index (κ3) is 6.84. The van der Waals surface area contributed by atoms with Gasteiger partial charge in [0.05, 0.1) is 12.7 Å². The third-order valence-corrected chi connectivity index (χ3v) is 3.68. The number of amides is 1. The fourth-order valence-corrected chi connectivity index (χ4v) is 2.39. The number of ether oxygens (including phenoxy) is 1. The van der Waals surface area contributed by atoms with E-state index in [4.69, 9.17) is 10.5 Å². The fraction of sp³-hybridized carbons (Fsp3) is 0.929. The van der Waals surface area contributed by atoms with Crippen LogP contribution in [0.1, 0.15) is 59.3 Å². The summed E-state index contributed by atoms with van der Waals surface area (Å²) in [6.45, 7) is 6.65. The zero-order valence-electron chi connectivity index (χ0n) is 12.0. The average Bonchev–Trinajstić information content (AvgIpc) is 2.35. The highest BCUT2D eigenvalue weighted by Gasteiger charge is 2.25. The van der Waals surface area contributed by atoms with Gasteiger partial charge in [-0.25, -0.2) is 4.79 Å². The number of aliphatic hydroxyl groups is 1. The number of nitrogens with two attached hydrogens (primary N) is 1. The van der Waals surface area contributed by atoms with Crippen LogP contribution in [0.15, 0.2) is 0 Å². The Morgan fingerprint density at radius 1 is 1.17 bits per heavy atom. The quantitative estimate of drug-likeness (QED) is 0.633. The van der Waals surface area contributed by atoms with E-state index in [9.17, 15) is 9.90 Å². The van der Waals surface area contributed by atoms with Gasteiger partial charge in [-0.1, -0.05) is 46.5 Å². The molecule has 4 nitrogen and oxygen atoms in total. The summed E-state index contributed by atoms with van der Waals surface area (Å²) in [4.78, 5) is 10.5. The average molecular weight is 259 g/mol. The monoisotopic (exact) mass is 259 g/mol. The predicted octanol–water partition coefficient (Wildman–Crippen LogP) is 3.08. The zero-order chi connectivity index (χ0) is 14.0. The Morgan fingerprint density at radius 3 is 2.17 bits per heavy atom. The minimum absolute atomic E-state index is 0.186. The van der Waals surface area contributed by atoms with Crippen molar-refractivity contribution in [3.63, 3.8) is 0 Å². The number of aliphatic hydroxyl groups excluding tert-OH is 1.